The minimum Gasteiger partial charge on any atom is -0.474 e. The van der Waals surface area contributed by atoms with Crippen molar-refractivity contribution in [3.05, 3.63) is 58.7 Å². The molecule has 3 atom stereocenters. The first-order valence-corrected chi connectivity index (χ1v) is 14.0. The van der Waals surface area contributed by atoms with E-state index >= 15 is 0 Å². The monoisotopic (exact) mass is 534 g/mol. The van der Waals surface area contributed by atoms with Crippen LogP contribution in [0.1, 0.15) is 63.0 Å². The predicted molar refractivity (Wildman–Crippen MR) is 145 cm³/mol. The van der Waals surface area contributed by atoms with Crippen LogP contribution < -0.4 is 4.74 Å². The molecule has 8 heteroatoms. The van der Waals surface area contributed by atoms with Gasteiger partial charge in [0.2, 0.25) is 17.7 Å². The van der Waals surface area contributed by atoms with Gasteiger partial charge in [-0.05, 0) is 62.8 Å². The Labute approximate surface area is 229 Å². The fourth-order valence-electron chi connectivity index (χ4n) is 5.96. The van der Waals surface area contributed by atoms with Gasteiger partial charge in [0, 0.05) is 66.6 Å². The SMILES string of the molecule is C[C@H](Oc1ccc(C#N)cn1)C1CCN(C(=O)C2CCN(C(=O)C3(C)CC3)CC2)CC1c1ccc(Cl)cc1. The van der Waals surface area contributed by atoms with Crippen LogP contribution in [0.25, 0.3) is 0 Å². The van der Waals surface area contributed by atoms with Gasteiger partial charge in [-0.3, -0.25) is 9.59 Å². The van der Waals surface area contributed by atoms with Crippen LogP contribution in [-0.4, -0.2) is 58.9 Å². The van der Waals surface area contributed by atoms with Gasteiger partial charge in [0.1, 0.15) is 12.2 Å². The number of benzene rings is 1. The van der Waals surface area contributed by atoms with E-state index in [1.165, 1.54) is 6.20 Å². The molecule has 5 rings (SSSR count). The molecule has 1 aromatic heterocycles. The topological polar surface area (TPSA) is 86.5 Å². The van der Waals surface area contributed by atoms with Gasteiger partial charge >= 0.3 is 0 Å². The fourth-order valence-corrected chi connectivity index (χ4v) is 6.09. The van der Waals surface area contributed by atoms with Crippen LogP contribution in [0.4, 0.5) is 0 Å². The second kappa shape index (κ2) is 10.9. The Hall–Kier alpha value is -3.11. The van der Waals surface area contributed by atoms with Gasteiger partial charge in [-0.2, -0.15) is 5.26 Å². The number of piperidine rings is 2. The normalized spacial score (nSPS) is 23.8. The Bertz CT molecular complexity index is 1200. The average molecular weight is 535 g/mol. The zero-order chi connectivity index (χ0) is 26.9. The number of hydrogen-bond donors (Lipinski definition) is 0. The van der Waals surface area contributed by atoms with Crippen molar-refractivity contribution in [3.8, 4) is 11.9 Å². The van der Waals surface area contributed by atoms with Crippen molar-refractivity contribution in [3.63, 3.8) is 0 Å². The van der Waals surface area contributed by atoms with Crippen molar-refractivity contribution in [2.45, 2.75) is 58.0 Å². The highest BCUT2D eigenvalue weighted by atomic mass is 35.5. The Kier molecular flexibility index (Phi) is 7.63. The molecule has 0 spiro atoms. The van der Waals surface area contributed by atoms with Crippen molar-refractivity contribution in [2.24, 2.45) is 17.3 Å². The van der Waals surface area contributed by atoms with E-state index in [4.69, 9.17) is 21.6 Å². The minimum atomic E-state index is -0.156. The number of nitriles is 1. The van der Waals surface area contributed by atoms with Crippen molar-refractivity contribution in [2.75, 3.05) is 26.2 Å². The van der Waals surface area contributed by atoms with Crippen LogP contribution >= 0.6 is 11.6 Å². The molecule has 0 bridgehead atoms. The Morgan fingerprint density at radius 3 is 2.37 bits per heavy atom. The number of pyridine rings is 1. The van der Waals surface area contributed by atoms with Crippen molar-refractivity contribution in [1.29, 1.82) is 5.26 Å². The zero-order valence-corrected chi connectivity index (χ0v) is 22.9. The first kappa shape index (κ1) is 26.5. The Morgan fingerprint density at radius 2 is 1.76 bits per heavy atom. The summed E-state index contributed by atoms with van der Waals surface area (Å²) in [6.07, 6.45) is 5.62. The van der Waals surface area contributed by atoms with Gasteiger partial charge in [0.15, 0.2) is 0 Å². The number of ether oxygens (including phenoxy) is 1. The molecule has 2 unspecified atom stereocenters. The molecule has 3 fully saturated rings. The van der Waals surface area contributed by atoms with Gasteiger partial charge < -0.3 is 14.5 Å². The van der Waals surface area contributed by atoms with E-state index < -0.39 is 0 Å². The Balaban J connectivity index is 1.26. The van der Waals surface area contributed by atoms with E-state index in [-0.39, 0.29) is 41.1 Å². The molecule has 7 nitrogen and oxygen atoms in total. The number of carbonyl (C=O) groups is 2. The molecule has 1 aliphatic carbocycles. The third kappa shape index (κ3) is 5.66. The number of aromatic nitrogens is 1. The highest BCUT2D eigenvalue weighted by molar-refractivity contribution is 6.30. The number of halogens is 1. The van der Waals surface area contributed by atoms with Crippen LogP contribution in [0.5, 0.6) is 5.88 Å². The molecule has 3 heterocycles. The van der Waals surface area contributed by atoms with E-state index in [0.29, 0.717) is 42.6 Å². The minimum absolute atomic E-state index is 0.0370. The maximum absolute atomic E-state index is 13.6. The molecular formula is C30H35ClN4O3. The maximum Gasteiger partial charge on any atom is 0.228 e. The number of likely N-dealkylation sites (tertiary alicyclic amines) is 2. The molecule has 2 aromatic rings. The van der Waals surface area contributed by atoms with Crippen LogP contribution in [0.2, 0.25) is 5.02 Å². The molecule has 1 aromatic carbocycles. The summed E-state index contributed by atoms with van der Waals surface area (Å²) in [6.45, 7) is 6.75. The second-order valence-corrected chi connectivity index (χ2v) is 11.8. The molecule has 3 aliphatic rings. The summed E-state index contributed by atoms with van der Waals surface area (Å²) >= 11 is 6.18. The quantitative estimate of drug-likeness (QED) is 0.518. The molecule has 2 aliphatic heterocycles. The molecule has 0 radical (unpaired) electrons. The van der Waals surface area contributed by atoms with E-state index in [9.17, 15) is 9.59 Å². The number of carbonyl (C=O) groups excluding carboxylic acids is 2. The maximum atomic E-state index is 13.6. The van der Waals surface area contributed by atoms with Crippen molar-refractivity contribution in [1.82, 2.24) is 14.8 Å². The van der Waals surface area contributed by atoms with E-state index in [1.54, 1.807) is 12.1 Å². The predicted octanol–water partition coefficient (Wildman–Crippen LogP) is 5.04. The van der Waals surface area contributed by atoms with Gasteiger partial charge in [-0.1, -0.05) is 30.7 Å². The van der Waals surface area contributed by atoms with Gasteiger partial charge in [-0.15, -0.1) is 0 Å². The molecule has 0 N–H and O–H groups in total. The largest absolute Gasteiger partial charge is 0.474 e. The molecule has 2 amide bonds. The number of hydrogen-bond acceptors (Lipinski definition) is 5. The highest BCUT2D eigenvalue weighted by Gasteiger charge is 2.48. The van der Waals surface area contributed by atoms with Crippen molar-refractivity contribution < 1.29 is 14.3 Å². The standard InChI is InChI=1S/C30H35ClN4O3/c1-20(38-27-8-3-21(17-32)18-33-27)25-11-16-35(19-26(25)22-4-6-24(31)7-5-22)28(36)23-9-14-34(15-10-23)29(37)30(2)12-13-30/h3-8,18,20,23,25-26H,9-16,19H2,1-2H3/t20-,25?,26?/m0/s1. The fraction of sp³-hybridized carbons (Fsp3) is 0.533. The van der Waals surface area contributed by atoms with E-state index in [0.717, 1.165) is 37.7 Å². The summed E-state index contributed by atoms with van der Waals surface area (Å²) in [4.78, 5) is 34.6. The lowest BCUT2D eigenvalue weighted by atomic mass is 9.77. The smallest absolute Gasteiger partial charge is 0.228 e. The molecular weight excluding hydrogens is 500 g/mol. The summed E-state index contributed by atoms with van der Waals surface area (Å²) < 4.78 is 6.22. The number of amides is 2. The van der Waals surface area contributed by atoms with Crippen LogP contribution in [-0.2, 0) is 9.59 Å². The first-order chi connectivity index (χ1) is 18.3. The molecule has 1 saturated carbocycles. The van der Waals surface area contributed by atoms with Gasteiger partial charge in [0.05, 0.1) is 5.56 Å². The average Bonchev–Trinajstić information content (AvgIpc) is 3.71. The lowest BCUT2D eigenvalue weighted by Gasteiger charge is -2.43. The van der Waals surface area contributed by atoms with E-state index in [1.807, 2.05) is 34.1 Å². The summed E-state index contributed by atoms with van der Waals surface area (Å²) in [7, 11) is 0. The zero-order valence-electron chi connectivity index (χ0n) is 22.1. The lowest BCUT2D eigenvalue weighted by molar-refractivity contribution is -0.144. The summed E-state index contributed by atoms with van der Waals surface area (Å²) in [5.41, 5.74) is 1.47. The first-order valence-electron chi connectivity index (χ1n) is 13.6. The van der Waals surface area contributed by atoms with Gasteiger partial charge in [0.25, 0.3) is 0 Å². The third-order valence-electron chi connectivity index (χ3n) is 8.70. The van der Waals surface area contributed by atoms with Crippen molar-refractivity contribution >= 4 is 23.4 Å². The number of nitrogens with zero attached hydrogens (tertiary/aromatic N) is 4. The summed E-state index contributed by atoms with van der Waals surface area (Å²) in [6, 6.07) is 13.4. The van der Waals surface area contributed by atoms with Gasteiger partial charge in [-0.25, -0.2) is 4.98 Å². The summed E-state index contributed by atoms with van der Waals surface area (Å²) in [5, 5.41) is 9.72. The molecule has 200 valence electrons. The lowest BCUT2D eigenvalue weighted by Crippen LogP contribution is -2.50. The molecule has 2 saturated heterocycles. The van der Waals surface area contributed by atoms with E-state index in [2.05, 4.69) is 24.9 Å². The molecule has 38 heavy (non-hydrogen) atoms. The van der Waals surface area contributed by atoms with Crippen LogP contribution in [0.3, 0.4) is 0 Å². The summed E-state index contributed by atoms with van der Waals surface area (Å²) in [5.74, 6) is 1.19. The van der Waals surface area contributed by atoms with Crippen LogP contribution in [0.15, 0.2) is 42.6 Å². The number of rotatable bonds is 6. The third-order valence-corrected chi connectivity index (χ3v) is 8.95. The van der Waals surface area contributed by atoms with Crippen LogP contribution in [0, 0.1) is 28.6 Å². The Morgan fingerprint density at radius 1 is 1.08 bits per heavy atom. The second-order valence-electron chi connectivity index (χ2n) is 11.3. The highest BCUT2D eigenvalue weighted by Crippen LogP contribution is 2.47.